The molecule has 4 heteroatoms. The van der Waals surface area contributed by atoms with Crippen molar-refractivity contribution in [3.63, 3.8) is 0 Å². The highest BCUT2D eigenvalue weighted by atomic mass is 16.4. The molecule has 3 N–H and O–H groups in total. The van der Waals surface area contributed by atoms with E-state index < -0.39 is 18.0 Å². The minimum absolute atomic E-state index is 0.0701. The second kappa shape index (κ2) is 8.03. The number of aliphatic hydroxyl groups is 2. The van der Waals surface area contributed by atoms with Crippen LogP contribution < -0.4 is 0 Å². The Kier molecular flexibility index (Phi) is 7.50. The van der Waals surface area contributed by atoms with Crippen LogP contribution in [0.3, 0.4) is 0 Å². The molecule has 0 aromatic rings. The van der Waals surface area contributed by atoms with Crippen molar-refractivity contribution in [2.75, 3.05) is 6.61 Å². The molecule has 0 aliphatic rings. The molecular weight excluding hydrogens is 220 g/mol. The van der Waals surface area contributed by atoms with Crippen molar-refractivity contribution in [3.8, 4) is 0 Å². The molecule has 2 atom stereocenters. The number of rotatable bonds is 7. The average Bonchev–Trinajstić information content (AvgIpc) is 2.32. The largest absolute Gasteiger partial charge is 0.481 e. The fourth-order valence-electron chi connectivity index (χ4n) is 1.35. The molecule has 0 fully saturated rings. The van der Waals surface area contributed by atoms with E-state index in [0.29, 0.717) is 12.8 Å². The number of aliphatic hydroxyl groups excluding tert-OH is 2. The number of carboxylic acids is 1. The number of carbonyl (C=O) groups is 1. The lowest BCUT2D eigenvalue weighted by Gasteiger charge is -2.15. The maximum Gasteiger partial charge on any atom is 0.308 e. The Morgan fingerprint density at radius 3 is 2.41 bits per heavy atom. The van der Waals surface area contributed by atoms with Gasteiger partial charge in [0.15, 0.2) is 0 Å². The number of allylic oxidation sites excluding steroid dienone is 3. The normalized spacial score (nSPS) is 16.8. The minimum Gasteiger partial charge on any atom is -0.481 e. The summed E-state index contributed by atoms with van der Waals surface area (Å²) in [6.45, 7) is 5.24. The van der Waals surface area contributed by atoms with Crippen molar-refractivity contribution < 1.29 is 20.1 Å². The summed E-state index contributed by atoms with van der Waals surface area (Å²) in [5, 5.41) is 27.5. The molecule has 0 spiro atoms. The highest BCUT2D eigenvalue weighted by Crippen LogP contribution is 2.15. The van der Waals surface area contributed by atoms with E-state index in [1.165, 1.54) is 6.92 Å². The van der Waals surface area contributed by atoms with Crippen LogP contribution in [-0.2, 0) is 4.79 Å². The van der Waals surface area contributed by atoms with Gasteiger partial charge in [0.2, 0.25) is 0 Å². The lowest BCUT2D eigenvalue weighted by molar-refractivity contribution is -0.144. The third-order valence-electron chi connectivity index (χ3n) is 2.82. The lowest BCUT2D eigenvalue weighted by Crippen LogP contribution is -2.25. The fraction of sp³-hybridized carbons (Fsp3) is 0.615. The van der Waals surface area contributed by atoms with Crippen molar-refractivity contribution in [2.24, 2.45) is 5.92 Å². The summed E-state index contributed by atoms with van der Waals surface area (Å²) in [4.78, 5) is 10.6. The molecule has 0 saturated carbocycles. The van der Waals surface area contributed by atoms with Gasteiger partial charge in [0.05, 0.1) is 18.6 Å². The predicted octanol–water partition coefficient (Wildman–Crippen LogP) is 1.73. The van der Waals surface area contributed by atoms with E-state index in [1.54, 1.807) is 0 Å². The van der Waals surface area contributed by atoms with Gasteiger partial charge in [-0.2, -0.15) is 0 Å². The summed E-state index contributed by atoms with van der Waals surface area (Å²) in [5.41, 5.74) is 1.84. The van der Waals surface area contributed by atoms with Gasteiger partial charge in [-0.05, 0) is 39.2 Å². The van der Waals surface area contributed by atoms with Crippen LogP contribution in [0.4, 0.5) is 0 Å². The van der Waals surface area contributed by atoms with Crippen LogP contribution in [0.2, 0.25) is 0 Å². The Morgan fingerprint density at radius 2 is 2.00 bits per heavy atom. The second-order valence-corrected chi connectivity index (χ2v) is 4.23. The van der Waals surface area contributed by atoms with Gasteiger partial charge in [-0.3, -0.25) is 4.79 Å². The minimum atomic E-state index is -1.00. The maximum absolute atomic E-state index is 10.6. The molecule has 4 nitrogen and oxygen atoms in total. The van der Waals surface area contributed by atoms with Crippen molar-refractivity contribution in [2.45, 2.75) is 39.7 Å². The fourth-order valence-corrected chi connectivity index (χ4v) is 1.35. The molecule has 0 aromatic carbocycles. The third kappa shape index (κ3) is 6.24. The van der Waals surface area contributed by atoms with Gasteiger partial charge >= 0.3 is 5.97 Å². The van der Waals surface area contributed by atoms with Gasteiger partial charge in [0, 0.05) is 0 Å². The molecule has 0 rings (SSSR count). The molecule has 0 radical (unpaired) electrons. The van der Waals surface area contributed by atoms with E-state index in [9.17, 15) is 9.90 Å². The van der Waals surface area contributed by atoms with Crippen LogP contribution in [0.5, 0.6) is 0 Å². The van der Waals surface area contributed by atoms with Crippen LogP contribution in [0.15, 0.2) is 23.3 Å². The average molecular weight is 242 g/mol. The van der Waals surface area contributed by atoms with Crippen molar-refractivity contribution >= 4 is 5.97 Å². The third-order valence-corrected chi connectivity index (χ3v) is 2.82. The Bertz CT molecular complexity index is 305. The first-order valence-electron chi connectivity index (χ1n) is 5.76. The van der Waals surface area contributed by atoms with Gasteiger partial charge in [0.1, 0.15) is 0 Å². The summed E-state index contributed by atoms with van der Waals surface area (Å²) in [6.07, 6.45) is 3.75. The standard InChI is InChI=1S/C13H22O4/c1-4-9(2)7-11(8-14)5-6-12(15)10(3)13(16)17/h4,7,10,12,14-15H,5-6,8H2,1-3H3,(H,16,17). The number of aliphatic carboxylic acids is 1. The summed E-state index contributed by atoms with van der Waals surface area (Å²) in [7, 11) is 0. The van der Waals surface area contributed by atoms with Crippen LogP contribution >= 0.6 is 0 Å². The molecule has 0 bridgehead atoms. The van der Waals surface area contributed by atoms with Gasteiger partial charge in [-0.1, -0.05) is 17.7 Å². The molecule has 0 aliphatic carbocycles. The van der Waals surface area contributed by atoms with Crippen molar-refractivity contribution in [1.29, 1.82) is 0 Å². The molecule has 0 aromatic heterocycles. The van der Waals surface area contributed by atoms with Gasteiger partial charge in [-0.25, -0.2) is 0 Å². The highest BCUT2D eigenvalue weighted by Gasteiger charge is 2.20. The molecule has 0 saturated heterocycles. The number of carboxylic acid groups (broad SMARTS) is 1. The molecule has 0 aliphatic heterocycles. The van der Waals surface area contributed by atoms with Crippen LogP contribution in [-0.4, -0.2) is 34.0 Å². The second-order valence-electron chi connectivity index (χ2n) is 4.23. The maximum atomic E-state index is 10.6. The van der Waals surface area contributed by atoms with Crippen molar-refractivity contribution in [1.82, 2.24) is 0 Å². The first kappa shape index (κ1) is 15.9. The van der Waals surface area contributed by atoms with E-state index in [-0.39, 0.29) is 6.61 Å². The molecule has 0 heterocycles. The van der Waals surface area contributed by atoms with Crippen LogP contribution in [0, 0.1) is 5.92 Å². The van der Waals surface area contributed by atoms with E-state index in [0.717, 1.165) is 11.1 Å². The molecule has 0 amide bonds. The summed E-state index contributed by atoms with van der Waals surface area (Å²) < 4.78 is 0. The van der Waals surface area contributed by atoms with Crippen molar-refractivity contribution in [3.05, 3.63) is 23.3 Å². The zero-order valence-electron chi connectivity index (χ0n) is 10.7. The van der Waals surface area contributed by atoms with E-state index in [1.807, 2.05) is 26.0 Å². The smallest absolute Gasteiger partial charge is 0.308 e. The zero-order valence-corrected chi connectivity index (χ0v) is 10.7. The van der Waals surface area contributed by atoms with Gasteiger partial charge < -0.3 is 15.3 Å². The van der Waals surface area contributed by atoms with Gasteiger partial charge in [-0.15, -0.1) is 0 Å². The summed E-state index contributed by atoms with van der Waals surface area (Å²) in [5.74, 6) is -1.78. The van der Waals surface area contributed by atoms with E-state index >= 15 is 0 Å². The van der Waals surface area contributed by atoms with Gasteiger partial charge in [0.25, 0.3) is 0 Å². The SMILES string of the molecule is CC=C(C)C=C(CO)CCC(O)C(C)C(=O)O. The Morgan fingerprint density at radius 1 is 1.41 bits per heavy atom. The molecule has 17 heavy (non-hydrogen) atoms. The molecule has 2 unspecified atom stereocenters. The summed E-state index contributed by atoms with van der Waals surface area (Å²) >= 11 is 0. The Balaban J connectivity index is 4.34. The lowest BCUT2D eigenvalue weighted by atomic mass is 9.97. The summed E-state index contributed by atoms with van der Waals surface area (Å²) in [6, 6.07) is 0. The first-order chi connectivity index (χ1) is 7.92. The van der Waals surface area contributed by atoms with E-state index in [4.69, 9.17) is 10.2 Å². The van der Waals surface area contributed by atoms with E-state index in [2.05, 4.69) is 0 Å². The highest BCUT2D eigenvalue weighted by molar-refractivity contribution is 5.70. The topological polar surface area (TPSA) is 77.8 Å². The first-order valence-corrected chi connectivity index (χ1v) is 5.76. The van der Waals surface area contributed by atoms with Crippen LogP contribution in [0.1, 0.15) is 33.6 Å². The molecular formula is C13H22O4. The number of hydrogen-bond donors (Lipinski definition) is 3. The quantitative estimate of drug-likeness (QED) is 0.594. The predicted molar refractivity (Wildman–Crippen MR) is 66.6 cm³/mol. The Hall–Kier alpha value is -1.13. The molecule has 98 valence electrons. The zero-order chi connectivity index (χ0) is 13.4. The van der Waals surface area contributed by atoms with Crippen LogP contribution in [0.25, 0.3) is 0 Å². The number of hydrogen-bond acceptors (Lipinski definition) is 3. The monoisotopic (exact) mass is 242 g/mol. The Labute approximate surface area is 102 Å².